The number of carbonyl (C=O) groups is 2. The van der Waals surface area contributed by atoms with Gasteiger partial charge in [0.05, 0.1) is 34.6 Å². The molecule has 1 aromatic heterocycles. The van der Waals surface area contributed by atoms with Crippen LogP contribution in [-0.4, -0.2) is 54.6 Å². The monoisotopic (exact) mass is 376 g/mol. The van der Waals surface area contributed by atoms with Crippen LogP contribution >= 0.6 is 11.3 Å². The molecule has 26 heavy (non-hydrogen) atoms. The molecular formula is C17H20N4O4S. The molecule has 0 saturated heterocycles. The number of aliphatic imine (C=N–C) groups is 1. The van der Waals surface area contributed by atoms with Gasteiger partial charge in [-0.2, -0.15) is 0 Å². The Morgan fingerprint density at radius 2 is 2.23 bits per heavy atom. The van der Waals surface area contributed by atoms with E-state index in [0.717, 1.165) is 15.8 Å². The van der Waals surface area contributed by atoms with Crippen LogP contribution in [0.2, 0.25) is 0 Å². The maximum absolute atomic E-state index is 11.7. The zero-order chi connectivity index (χ0) is 19.1. The average molecular weight is 376 g/mol. The van der Waals surface area contributed by atoms with E-state index in [1.165, 1.54) is 32.4 Å². The number of allylic oxidation sites excluding steroid dienone is 1. The summed E-state index contributed by atoms with van der Waals surface area (Å²) in [6.45, 7) is 1.45. The van der Waals surface area contributed by atoms with Crippen molar-refractivity contribution in [3.63, 3.8) is 0 Å². The minimum atomic E-state index is -1.02. The van der Waals surface area contributed by atoms with Crippen molar-refractivity contribution in [3.8, 4) is 0 Å². The smallest absolute Gasteiger partial charge is 0.331 e. The number of aromatic nitrogens is 1. The highest BCUT2D eigenvalue weighted by Gasteiger charge is 2.25. The molecule has 9 heteroatoms. The highest BCUT2D eigenvalue weighted by Crippen LogP contribution is 2.20. The second-order valence-corrected chi connectivity index (χ2v) is 6.27. The third kappa shape index (κ3) is 4.87. The van der Waals surface area contributed by atoms with Gasteiger partial charge < -0.3 is 20.5 Å². The lowest BCUT2D eigenvalue weighted by molar-refractivity contribution is -0.145. The Morgan fingerprint density at radius 3 is 2.85 bits per heavy atom. The van der Waals surface area contributed by atoms with E-state index in [-0.39, 0.29) is 11.7 Å². The average Bonchev–Trinajstić information content (AvgIpc) is 3.10. The lowest BCUT2D eigenvalue weighted by Crippen LogP contribution is -2.52. The number of esters is 1. The molecule has 0 fully saturated rings. The number of fused-ring (bicyclic) bond motifs is 1. The predicted molar refractivity (Wildman–Crippen MR) is 101 cm³/mol. The van der Waals surface area contributed by atoms with Crippen LogP contribution in [0.25, 0.3) is 16.3 Å². The van der Waals surface area contributed by atoms with Gasteiger partial charge in [-0.05, 0) is 30.7 Å². The van der Waals surface area contributed by atoms with Gasteiger partial charge in [0.1, 0.15) is 0 Å². The number of rotatable bonds is 6. The van der Waals surface area contributed by atoms with Crippen molar-refractivity contribution in [3.05, 3.63) is 35.0 Å². The van der Waals surface area contributed by atoms with Crippen molar-refractivity contribution in [2.45, 2.75) is 19.1 Å². The second-order valence-electron chi connectivity index (χ2n) is 5.38. The summed E-state index contributed by atoms with van der Waals surface area (Å²) < 4.78 is 5.65. The van der Waals surface area contributed by atoms with Crippen molar-refractivity contribution < 1.29 is 19.4 Å². The molecule has 138 valence electrons. The Labute approximate surface area is 154 Å². The van der Waals surface area contributed by atoms with Crippen molar-refractivity contribution in [1.82, 2.24) is 15.6 Å². The Balaban J connectivity index is 2.18. The van der Waals surface area contributed by atoms with E-state index in [1.807, 2.05) is 18.2 Å². The molecule has 8 nitrogen and oxygen atoms in total. The van der Waals surface area contributed by atoms with Gasteiger partial charge >= 0.3 is 5.97 Å². The van der Waals surface area contributed by atoms with Gasteiger partial charge in [-0.3, -0.25) is 9.79 Å². The molecule has 0 bridgehead atoms. The van der Waals surface area contributed by atoms with E-state index in [2.05, 4.69) is 25.3 Å². The zero-order valence-corrected chi connectivity index (χ0v) is 15.4. The van der Waals surface area contributed by atoms with Gasteiger partial charge in [-0.25, -0.2) is 9.78 Å². The molecule has 2 unspecified atom stereocenters. The third-order valence-electron chi connectivity index (χ3n) is 3.52. The zero-order valence-electron chi connectivity index (χ0n) is 14.6. The van der Waals surface area contributed by atoms with E-state index in [9.17, 15) is 14.7 Å². The summed E-state index contributed by atoms with van der Waals surface area (Å²) in [5.41, 5.74) is 3.69. The molecule has 1 aromatic carbocycles. The summed E-state index contributed by atoms with van der Waals surface area (Å²) >= 11 is 1.51. The van der Waals surface area contributed by atoms with E-state index >= 15 is 0 Å². The number of benzene rings is 1. The number of aldehydes is 1. The first kappa shape index (κ1) is 19.5. The molecule has 3 N–H and O–H groups in total. The molecule has 2 rings (SSSR count). The minimum Gasteiger partial charge on any atom is -0.467 e. The summed E-state index contributed by atoms with van der Waals surface area (Å²) in [5, 5.41) is 15.3. The van der Waals surface area contributed by atoms with Crippen LogP contribution in [0.15, 0.2) is 34.4 Å². The second kappa shape index (κ2) is 9.07. The van der Waals surface area contributed by atoms with Crippen LogP contribution < -0.4 is 10.6 Å². The van der Waals surface area contributed by atoms with Crippen LogP contribution in [0.1, 0.15) is 12.5 Å². The van der Waals surface area contributed by atoms with Crippen molar-refractivity contribution in [1.29, 1.82) is 0 Å². The number of ether oxygens (including phenoxy) is 1. The van der Waals surface area contributed by atoms with E-state index in [4.69, 9.17) is 0 Å². The molecule has 0 saturated carbocycles. The van der Waals surface area contributed by atoms with E-state index in [0.29, 0.717) is 6.29 Å². The number of carbonyl (C=O) groups excluding carboxylic acids is 2. The normalized spacial score (nSPS) is 14.6. The first-order chi connectivity index (χ1) is 12.5. The van der Waals surface area contributed by atoms with Gasteiger partial charge in [0.25, 0.3) is 0 Å². The molecule has 1 heterocycles. The molecule has 0 aliphatic heterocycles. The number of nitrogens with one attached hydrogen (secondary N) is 2. The number of hydrogen-bond donors (Lipinski definition) is 3. The molecular weight excluding hydrogens is 356 g/mol. The van der Waals surface area contributed by atoms with Gasteiger partial charge in [-0.1, -0.05) is 6.07 Å². The van der Waals surface area contributed by atoms with Crippen LogP contribution in [0.5, 0.6) is 0 Å². The van der Waals surface area contributed by atoms with Gasteiger partial charge in [0, 0.05) is 7.05 Å². The predicted octanol–water partition coefficient (Wildman–Crippen LogP) is 0.923. The number of hydrogen-bond acceptors (Lipinski definition) is 7. The van der Waals surface area contributed by atoms with Crippen molar-refractivity contribution in [2.24, 2.45) is 4.99 Å². The Bertz CT molecular complexity index is 844. The molecule has 2 aromatic rings. The fourth-order valence-corrected chi connectivity index (χ4v) is 2.91. The first-order valence-corrected chi connectivity index (χ1v) is 8.62. The standard InChI is InChI=1S/C17H20N4O4S/c1-10(23)15(16(24)25-3)21-17(18-2)20-12(8-22)6-11-4-5-13-14(7-11)26-9-19-13/h4-10,15,23H,1-3H3,(H2,18,20,21)/b12-6-. The fraction of sp³-hybridized carbons (Fsp3) is 0.294. The number of aliphatic hydroxyl groups is 1. The van der Waals surface area contributed by atoms with E-state index < -0.39 is 18.1 Å². The summed E-state index contributed by atoms with van der Waals surface area (Å²) in [6, 6.07) is 4.61. The quantitative estimate of drug-likeness (QED) is 0.226. The van der Waals surface area contributed by atoms with Gasteiger partial charge in [0.15, 0.2) is 18.3 Å². The lowest BCUT2D eigenvalue weighted by atomic mass is 10.2. The lowest BCUT2D eigenvalue weighted by Gasteiger charge is -2.21. The van der Waals surface area contributed by atoms with Gasteiger partial charge in [0.2, 0.25) is 0 Å². The highest BCUT2D eigenvalue weighted by molar-refractivity contribution is 7.16. The Hall–Kier alpha value is -2.78. The van der Waals surface area contributed by atoms with Crippen LogP contribution in [0, 0.1) is 0 Å². The minimum absolute atomic E-state index is 0.151. The first-order valence-electron chi connectivity index (χ1n) is 7.74. The summed E-state index contributed by atoms with van der Waals surface area (Å²) in [7, 11) is 2.71. The molecule has 0 radical (unpaired) electrons. The highest BCUT2D eigenvalue weighted by atomic mass is 32.1. The maximum Gasteiger partial charge on any atom is 0.331 e. The number of guanidine groups is 1. The SMILES string of the molecule is CN=C(N/C(C=O)=C\c1ccc2ncsc2c1)NC(C(=O)OC)C(C)O. The van der Waals surface area contributed by atoms with Crippen molar-refractivity contribution >= 4 is 45.8 Å². The number of methoxy groups -OCH3 is 1. The van der Waals surface area contributed by atoms with Crippen LogP contribution in [-0.2, 0) is 14.3 Å². The Morgan fingerprint density at radius 1 is 1.46 bits per heavy atom. The number of aliphatic hydroxyl groups excluding tert-OH is 1. The summed E-state index contributed by atoms with van der Waals surface area (Å²) in [4.78, 5) is 31.3. The molecule has 0 aliphatic carbocycles. The van der Waals surface area contributed by atoms with Crippen LogP contribution in [0.3, 0.4) is 0 Å². The summed E-state index contributed by atoms with van der Waals surface area (Å²) in [6.07, 6.45) is 1.27. The van der Waals surface area contributed by atoms with Gasteiger partial charge in [-0.15, -0.1) is 11.3 Å². The summed E-state index contributed by atoms with van der Waals surface area (Å²) in [5.74, 6) is -0.492. The maximum atomic E-state index is 11.7. The molecule has 0 aliphatic rings. The third-order valence-corrected chi connectivity index (χ3v) is 4.31. The number of thiazole rings is 1. The molecule has 2 atom stereocenters. The fourth-order valence-electron chi connectivity index (χ4n) is 2.18. The topological polar surface area (TPSA) is 113 Å². The van der Waals surface area contributed by atoms with Crippen molar-refractivity contribution in [2.75, 3.05) is 14.2 Å². The largest absolute Gasteiger partial charge is 0.467 e. The molecule has 0 amide bonds. The molecule has 0 spiro atoms. The number of nitrogens with zero attached hydrogens (tertiary/aromatic N) is 2. The Kier molecular flexibility index (Phi) is 6.81. The van der Waals surface area contributed by atoms with E-state index in [1.54, 1.807) is 11.6 Å². The van der Waals surface area contributed by atoms with Crippen LogP contribution in [0.4, 0.5) is 0 Å².